The molecule has 0 bridgehead atoms. The summed E-state index contributed by atoms with van der Waals surface area (Å²) >= 11 is 0.769. The Morgan fingerprint density at radius 1 is 0.549 bits per heavy atom. The molecule has 4 atom stereocenters. The fourth-order valence-corrected chi connectivity index (χ4v) is 11.1. The molecule has 27 heteroatoms. The van der Waals surface area contributed by atoms with Gasteiger partial charge in [-0.1, -0.05) is 48.5 Å². The van der Waals surface area contributed by atoms with Gasteiger partial charge < -0.3 is 57.2 Å². The van der Waals surface area contributed by atoms with Gasteiger partial charge in [0.1, 0.15) is 30.0 Å². The number of carbonyl (C=O) groups excluding carboxylic acids is 5. The third-order valence-electron chi connectivity index (χ3n) is 14.5. The quantitative estimate of drug-likeness (QED) is 0.0426. The molecule has 11 N–H and O–H groups in total. The predicted molar refractivity (Wildman–Crippen MR) is 300 cm³/mol. The van der Waals surface area contributed by atoms with Crippen molar-refractivity contribution in [2.24, 2.45) is 11.8 Å². The van der Waals surface area contributed by atoms with Crippen molar-refractivity contribution in [2.75, 3.05) is 96.6 Å². The van der Waals surface area contributed by atoms with E-state index in [-0.39, 0.29) is 88.3 Å². The molecule has 2 aliphatic rings. The Labute approximate surface area is 477 Å². The van der Waals surface area contributed by atoms with Crippen molar-refractivity contribution in [3.05, 3.63) is 60.2 Å². The Kier molecular flexibility index (Phi) is 26.2. The van der Waals surface area contributed by atoms with Crippen LogP contribution in [-0.4, -0.2) is 236 Å². The van der Waals surface area contributed by atoms with Crippen LogP contribution in [-0.2, 0) is 54.4 Å². The Hall–Kier alpha value is -7.46. The molecule has 5 amide bonds. The molecule has 3 aromatic carbocycles. The molecule has 0 unspecified atom stereocenters. The number of hydrogen-bond donors (Lipinski definition) is 11. The van der Waals surface area contributed by atoms with Gasteiger partial charge in [-0.15, -0.1) is 0 Å². The maximum atomic E-state index is 14.4. The Bertz CT molecular complexity index is 2680. The normalized spacial score (nSPS) is 18.5. The average Bonchev–Trinajstić information content (AvgIpc) is 3.48. The Morgan fingerprint density at radius 3 is 1.49 bits per heavy atom. The summed E-state index contributed by atoms with van der Waals surface area (Å²) < 4.78 is 0. The number of carboxylic acids is 6. The first-order valence-corrected chi connectivity index (χ1v) is 28.3. The Morgan fingerprint density at radius 2 is 1.01 bits per heavy atom. The van der Waals surface area contributed by atoms with E-state index in [1.54, 1.807) is 9.80 Å². The lowest BCUT2D eigenvalue weighted by Gasteiger charge is -2.33. The van der Waals surface area contributed by atoms with E-state index in [2.05, 4.69) is 26.6 Å². The lowest BCUT2D eigenvalue weighted by atomic mass is 9.81. The SMILES string of the molecule is CC(=O)CN1CCN(CC(=O)O)CCN(CC(=O)O)CCN(CC(=O)NCC2CCC(C(=O)N[C@@H](Cc3c4ccccc4cc4ccccc34)C(=O)N[C@H](CSC[C@H](NC(=O)N[C@@H](CCCC(=O)O)C(=O)O)C(=O)O)C(=O)O)CC2)CC1. The number of ketones is 1. The summed E-state index contributed by atoms with van der Waals surface area (Å²) in [6.07, 6.45) is 1.17. The molecule has 1 heterocycles. The highest BCUT2D eigenvalue weighted by atomic mass is 32.2. The van der Waals surface area contributed by atoms with E-state index in [1.807, 2.05) is 64.4 Å². The van der Waals surface area contributed by atoms with E-state index in [9.17, 15) is 78.3 Å². The zero-order valence-electron chi connectivity index (χ0n) is 45.8. The molecule has 26 nitrogen and oxygen atoms in total. The third-order valence-corrected chi connectivity index (χ3v) is 15.6. The average molecular weight is 1170 g/mol. The van der Waals surface area contributed by atoms with Crippen molar-refractivity contribution in [3.63, 3.8) is 0 Å². The summed E-state index contributed by atoms with van der Waals surface area (Å²) in [6, 6.07) is 9.77. The van der Waals surface area contributed by atoms with Crippen LogP contribution in [0.3, 0.4) is 0 Å². The fraction of sp³-hybridized carbons (Fsp3) is 0.545. The number of thioether (sulfide) groups is 1. The third kappa shape index (κ3) is 22.1. The second-order valence-electron chi connectivity index (χ2n) is 20.8. The lowest BCUT2D eigenvalue weighted by Crippen LogP contribution is -2.54. The van der Waals surface area contributed by atoms with Gasteiger partial charge in [-0.05, 0) is 84.5 Å². The summed E-state index contributed by atoms with van der Waals surface area (Å²) in [5, 5.41) is 73.7. The monoisotopic (exact) mass is 1170 g/mol. The van der Waals surface area contributed by atoms with Crippen LogP contribution in [0.15, 0.2) is 54.6 Å². The molecule has 1 aliphatic heterocycles. The standard InChI is InChI=1S/C55H75N9O17S/c1-34(65)28-61-17-19-62(20-22-64(31-49(71)72)24-23-63(21-18-61)30-48(69)70)29-46(66)56-27-35-13-15-36(16-14-35)50(73)57-43(26-41-39-9-4-2-7-37(39)25-38-8-3-5-10-40(38)41)51(74)58-44(53(77)78)32-82-33-45(54(79)80)60-55(81)59-42(52(75)76)11-6-12-47(67)68/h2-5,7-10,25,35-36,42-45H,6,11-24,26-33H2,1H3,(H,56,66)(H,57,73)(H,58,74)(H,67,68)(H,69,70)(H,71,72)(H,75,76)(H,77,78)(H,79,80)(H2,59,60,81)/t35?,36?,42-,43-,44+,45-/m0/s1. The summed E-state index contributed by atoms with van der Waals surface area (Å²) in [5.41, 5.74) is 0.721. The molecule has 0 radical (unpaired) electrons. The molecule has 0 spiro atoms. The number of fused-ring (bicyclic) bond motifs is 2. The van der Waals surface area contributed by atoms with E-state index >= 15 is 0 Å². The smallest absolute Gasteiger partial charge is 0.327 e. The number of hydrogen-bond acceptors (Lipinski definition) is 16. The van der Waals surface area contributed by atoms with Crippen LogP contribution in [0.1, 0.15) is 57.4 Å². The number of urea groups is 1. The minimum absolute atomic E-state index is 0.00236. The first-order chi connectivity index (χ1) is 39.0. The number of amides is 5. The highest BCUT2D eigenvalue weighted by Crippen LogP contribution is 2.31. The van der Waals surface area contributed by atoms with Crippen LogP contribution in [0, 0.1) is 11.8 Å². The number of aliphatic carboxylic acids is 6. The van der Waals surface area contributed by atoms with Crippen LogP contribution in [0.4, 0.5) is 4.79 Å². The predicted octanol–water partition coefficient (Wildman–Crippen LogP) is 0.686. The number of nitrogens with one attached hydrogen (secondary N) is 5. The molecule has 2 fully saturated rings. The van der Waals surface area contributed by atoms with Crippen molar-refractivity contribution >= 4 is 98.7 Å². The molecule has 0 aromatic heterocycles. The molecule has 3 aromatic rings. The minimum Gasteiger partial charge on any atom is -0.481 e. The van der Waals surface area contributed by atoms with Crippen LogP contribution in [0.2, 0.25) is 0 Å². The summed E-state index contributed by atoms with van der Waals surface area (Å²) in [5.74, 6) is -10.7. The molecule has 1 saturated carbocycles. The van der Waals surface area contributed by atoms with Crippen LogP contribution >= 0.6 is 11.8 Å². The van der Waals surface area contributed by atoms with E-state index in [0.717, 1.165) is 38.9 Å². The van der Waals surface area contributed by atoms with Crippen LogP contribution in [0.5, 0.6) is 0 Å². The molecule has 5 rings (SSSR count). The number of benzene rings is 3. The van der Waals surface area contributed by atoms with Gasteiger partial charge in [-0.2, -0.15) is 11.8 Å². The van der Waals surface area contributed by atoms with Gasteiger partial charge >= 0.3 is 41.8 Å². The van der Waals surface area contributed by atoms with Crippen LogP contribution in [0.25, 0.3) is 21.5 Å². The van der Waals surface area contributed by atoms with E-state index in [4.69, 9.17) is 5.11 Å². The largest absolute Gasteiger partial charge is 0.481 e. The molecule has 1 saturated heterocycles. The van der Waals surface area contributed by atoms with Crippen molar-refractivity contribution in [3.8, 4) is 0 Å². The summed E-state index contributed by atoms with van der Waals surface area (Å²) in [6.45, 7) is 4.08. The first kappa shape index (κ1) is 65.4. The van der Waals surface area contributed by atoms with Crippen LogP contribution < -0.4 is 26.6 Å². The van der Waals surface area contributed by atoms with Crippen molar-refractivity contribution < 1.29 is 83.4 Å². The van der Waals surface area contributed by atoms with Gasteiger partial charge in [-0.25, -0.2) is 19.2 Å². The van der Waals surface area contributed by atoms with E-state index in [1.165, 1.54) is 6.92 Å². The molecule has 448 valence electrons. The first-order valence-electron chi connectivity index (χ1n) is 27.2. The zero-order chi connectivity index (χ0) is 59.9. The molecular formula is C55H75N9O17S. The lowest BCUT2D eigenvalue weighted by molar-refractivity contribution is -0.141. The number of carbonyl (C=O) groups is 11. The number of rotatable bonds is 29. The van der Waals surface area contributed by atoms with Crippen molar-refractivity contribution in [2.45, 2.75) is 82.5 Å². The summed E-state index contributed by atoms with van der Waals surface area (Å²) in [4.78, 5) is 145. The number of carboxylic acid groups (broad SMARTS) is 6. The zero-order valence-corrected chi connectivity index (χ0v) is 46.6. The van der Waals surface area contributed by atoms with E-state index < -0.39 is 89.5 Å². The fourth-order valence-electron chi connectivity index (χ4n) is 10.1. The number of Topliss-reactive ketones (excluding diaryl/α,β-unsaturated/α-hetero) is 1. The van der Waals surface area contributed by atoms with Gasteiger partial charge in [0.2, 0.25) is 17.7 Å². The van der Waals surface area contributed by atoms with Crippen molar-refractivity contribution in [1.82, 2.24) is 46.2 Å². The van der Waals surface area contributed by atoms with E-state index in [0.29, 0.717) is 71.5 Å². The molecule has 82 heavy (non-hydrogen) atoms. The van der Waals surface area contributed by atoms with Gasteiger partial charge in [0.25, 0.3) is 0 Å². The molecular weight excluding hydrogens is 1090 g/mol. The number of nitrogens with zero attached hydrogens (tertiary/aromatic N) is 4. The van der Waals surface area contributed by atoms with Gasteiger partial charge in [0.05, 0.1) is 26.2 Å². The highest BCUT2D eigenvalue weighted by Gasteiger charge is 2.34. The second kappa shape index (κ2) is 32.8. The van der Waals surface area contributed by atoms with Crippen molar-refractivity contribution in [1.29, 1.82) is 0 Å². The Balaban J connectivity index is 1.23. The summed E-state index contributed by atoms with van der Waals surface area (Å²) in [7, 11) is 0. The second-order valence-corrected chi connectivity index (χ2v) is 21.9. The van der Waals surface area contributed by atoms with Gasteiger partial charge in [0.15, 0.2) is 0 Å². The maximum absolute atomic E-state index is 14.4. The molecule has 1 aliphatic carbocycles. The minimum atomic E-state index is -1.64. The maximum Gasteiger partial charge on any atom is 0.327 e. The van der Waals surface area contributed by atoms with Gasteiger partial charge in [0, 0.05) is 89.2 Å². The highest BCUT2D eigenvalue weighted by molar-refractivity contribution is 7.99. The van der Waals surface area contributed by atoms with Gasteiger partial charge in [-0.3, -0.25) is 53.2 Å². The topological polar surface area (TPSA) is 382 Å².